The third kappa shape index (κ3) is 3.75. The Labute approximate surface area is 124 Å². The van der Waals surface area contributed by atoms with Crippen molar-refractivity contribution in [2.24, 2.45) is 0 Å². The predicted octanol–water partition coefficient (Wildman–Crippen LogP) is 4.53. The van der Waals surface area contributed by atoms with Gasteiger partial charge in [0.15, 0.2) is 0 Å². The highest BCUT2D eigenvalue weighted by Crippen LogP contribution is 2.18. The van der Waals surface area contributed by atoms with Gasteiger partial charge in [0.1, 0.15) is 0 Å². The van der Waals surface area contributed by atoms with Crippen LogP contribution in [0.2, 0.25) is 5.02 Å². The molecule has 2 aromatic rings. The molecule has 0 heterocycles. The van der Waals surface area contributed by atoms with E-state index in [0.29, 0.717) is 5.02 Å². The van der Waals surface area contributed by atoms with Crippen molar-refractivity contribution in [3.8, 4) is 0 Å². The molecule has 20 heavy (non-hydrogen) atoms. The Morgan fingerprint density at radius 1 is 1.15 bits per heavy atom. The second-order valence-electron chi connectivity index (χ2n) is 4.69. The van der Waals surface area contributed by atoms with Crippen LogP contribution >= 0.6 is 11.6 Å². The maximum Gasteiger partial charge on any atom is 0.319 e. The number of urea groups is 1. The number of nitrogens with one attached hydrogen (secondary N) is 2. The highest BCUT2D eigenvalue weighted by molar-refractivity contribution is 6.30. The van der Waals surface area contributed by atoms with Crippen molar-refractivity contribution in [3.63, 3.8) is 0 Å². The van der Waals surface area contributed by atoms with Crippen LogP contribution in [0.15, 0.2) is 48.5 Å². The largest absolute Gasteiger partial charge is 0.331 e. The van der Waals surface area contributed by atoms with E-state index < -0.39 is 0 Å². The maximum atomic E-state index is 12.0. The fourth-order valence-electron chi connectivity index (χ4n) is 1.93. The van der Waals surface area contributed by atoms with Gasteiger partial charge in [-0.15, -0.1) is 0 Å². The molecule has 4 heteroatoms. The Morgan fingerprint density at radius 2 is 1.90 bits per heavy atom. The highest BCUT2D eigenvalue weighted by atomic mass is 35.5. The van der Waals surface area contributed by atoms with Crippen molar-refractivity contribution in [1.82, 2.24) is 5.32 Å². The first-order valence-corrected chi connectivity index (χ1v) is 6.82. The van der Waals surface area contributed by atoms with E-state index in [0.717, 1.165) is 16.8 Å². The van der Waals surface area contributed by atoms with E-state index >= 15 is 0 Å². The number of benzene rings is 2. The Balaban J connectivity index is 2.00. The van der Waals surface area contributed by atoms with Crippen LogP contribution in [-0.2, 0) is 0 Å². The summed E-state index contributed by atoms with van der Waals surface area (Å²) >= 11 is 5.95. The van der Waals surface area contributed by atoms with E-state index in [1.807, 2.05) is 62.4 Å². The van der Waals surface area contributed by atoms with Crippen molar-refractivity contribution < 1.29 is 4.79 Å². The summed E-state index contributed by atoms with van der Waals surface area (Å²) in [5.74, 6) is 0. The van der Waals surface area contributed by atoms with Gasteiger partial charge >= 0.3 is 6.03 Å². The first-order valence-electron chi connectivity index (χ1n) is 6.45. The molecular formula is C16H17ClN2O. The summed E-state index contributed by atoms with van der Waals surface area (Å²) in [5.41, 5.74) is 2.80. The molecule has 1 unspecified atom stereocenters. The van der Waals surface area contributed by atoms with Crippen molar-refractivity contribution >= 4 is 23.3 Å². The summed E-state index contributed by atoms with van der Waals surface area (Å²) in [6, 6.07) is 14.8. The van der Waals surface area contributed by atoms with E-state index in [4.69, 9.17) is 11.6 Å². The number of rotatable bonds is 3. The van der Waals surface area contributed by atoms with Gasteiger partial charge in [0.2, 0.25) is 0 Å². The molecule has 0 aromatic heterocycles. The van der Waals surface area contributed by atoms with Crippen LogP contribution in [0, 0.1) is 6.92 Å². The van der Waals surface area contributed by atoms with Crippen molar-refractivity contribution in [2.75, 3.05) is 5.32 Å². The third-order valence-electron chi connectivity index (χ3n) is 3.09. The summed E-state index contributed by atoms with van der Waals surface area (Å²) in [6.07, 6.45) is 0. The molecule has 2 N–H and O–H groups in total. The number of hydrogen-bond donors (Lipinski definition) is 2. The van der Waals surface area contributed by atoms with Gasteiger partial charge in [0.25, 0.3) is 0 Å². The minimum Gasteiger partial charge on any atom is -0.331 e. The van der Waals surface area contributed by atoms with Crippen LogP contribution < -0.4 is 10.6 Å². The van der Waals surface area contributed by atoms with Gasteiger partial charge < -0.3 is 10.6 Å². The Bertz CT molecular complexity index is 613. The smallest absolute Gasteiger partial charge is 0.319 e. The molecule has 0 aliphatic heterocycles. The molecule has 0 fully saturated rings. The number of aryl methyl sites for hydroxylation is 1. The minimum atomic E-state index is -0.230. The molecule has 0 aliphatic carbocycles. The number of halogens is 1. The SMILES string of the molecule is Cc1ccccc1NC(=O)NC(C)c1cccc(Cl)c1. The van der Waals surface area contributed by atoms with E-state index in [1.165, 1.54) is 0 Å². The molecule has 0 spiro atoms. The molecule has 0 saturated heterocycles. The molecule has 0 saturated carbocycles. The summed E-state index contributed by atoms with van der Waals surface area (Å²) < 4.78 is 0. The van der Waals surface area contributed by atoms with Gasteiger partial charge in [-0.1, -0.05) is 41.9 Å². The topological polar surface area (TPSA) is 41.1 Å². The molecule has 0 aliphatic rings. The number of para-hydroxylation sites is 1. The number of hydrogen-bond acceptors (Lipinski definition) is 1. The molecule has 2 aromatic carbocycles. The highest BCUT2D eigenvalue weighted by Gasteiger charge is 2.10. The van der Waals surface area contributed by atoms with Crippen LogP contribution in [0.25, 0.3) is 0 Å². The lowest BCUT2D eigenvalue weighted by Crippen LogP contribution is -2.31. The number of anilines is 1. The van der Waals surface area contributed by atoms with Gasteiger partial charge in [-0.2, -0.15) is 0 Å². The van der Waals surface area contributed by atoms with Crippen molar-refractivity contribution in [1.29, 1.82) is 0 Å². The van der Waals surface area contributed by atoms with Crippen molar-refractivity contribution in [3.05, 3.63) is 64.7 Å². The lowest BCUT2D eigenvalue weighted by molar-refractivity contribution is 0.249. The van der Waals surface area contributed by atoms with Gasteiger partial charge in [0.05, 0.1) is 6.04 Å². The van der Waals surface area contributed by atoms with Gasteiger partial charge in [0, 0.05) is 10.7 Å². The average Bonchev–Trinajstić information content (AvgIpc) is 2.41. The normalized spacial score (nSPS) is 11.8. The first kappa shape index (κ1) is 14.4. The second kappa shape index (κ2) is 6.44. The number of amides is 2. The fourth-order valence-corrected chi connectivity index (χ4v) is 2.13. The van der Waals surface area contributed by atoms with Crippen LogP contribution in [-0.4, -0.2) is 6.03 Å². The molecular weight excluding hydrogens is 272 g/mol. The summed E-state index contributed by atoms with van der Waals surface area (Å²) in [7, 11) is 0. The summed E-state index contributed by atoms with van der Waals surface area (Å²) in [4.78, 5) is 12.0. The van der Waals surface area contributed by atoms with Gasteiger partial charge in [-0.05, 0) is 43.2 Å². The Kier molecular flexibility index (Phi) is 4.64. The molecule has 0 radical (unpaired) electrons. The van der Waals surface area contributed by atoms with E-state index in [1.54, 1.807) is 0 Å². The Morgan fingerprint density at radius 3 is 2.60 bits per heavy atom. The lowest BCUT2D eigenvalue weighted by Gasteiger charge is -2.16. The van der Waals surface area contributed by atoms with Crippen LogP contribution in [0.3, 0.4) is 0 Å². The monoisotopic (exact) mass is 288 g/mol. The summed E-state index contributed by atoms with van der Waals surface area (Å²) in [5, 5.41) is 6.40. The summed E-state index contributed by atoms with van der Waals surface area (Å²) in [6.45, 7) is 3.87. The van der Waals surface area contributed by atoms with Gasteiger partial charge in [-0.3, -0.25) is 0 Å². The zero-order chi connectivity index (χ0) is 14.5. The first-order chi connectivity index (χ1) is 9.56. The molecule has 3 nitrogen and oxygen atoms in total. The van der Waals surface area contributed by atoms with Crippen LogP contribution in [0.1, 0.15) is 24.1 Å². The van der Waals surface area contributed by atoms with Crippen molar-refractivity contribution in [2.45, 2.75) is 19.9 Å². The van der Waals surface area contributed by atoms with Gasteiger partial charge in [-0.25, -0.2) is 4.79 Å². The van der Waals surface area contributed by atoms with E-state index in [-0.39, 0.29) is 12.1 Å². The number of carbonyl (C=O) groups is 1. The predicted molar refractivity (Wildman–Crippen MR) is 83.2 cm³/mol. The third-order valence-corrected chi connectivity index (χ3v) is 3.32. The molecule has 1 atom stereocenters. The minimum absolute atomic E-state index is 0.113. The molecule has 104 valence electrons. The zero-order valence-electron chi connectivity index (χ0n) is 11.5. The van der Waals surface area contributed by atoms with E-state index in [9.17, 15) is 4.79 Å². The molecule has 2 amide bonds. The fraction of sp³-hybridized carbons (Fsp3) is 0.188. The lowest BCUT2D eigenvalue weighted by atomic mass is 10.1. The average molecular weight is 289 g/mol. The zero-order valence-corrected chi connectivity index (χ0v) is 12.2. The standard InChI is InChI=1S/C16H17ClN2O/c1-11-6-3-4-9-15(11)19-16(20)18-12(2)13-7-5-8-14(17)10-13/h3-10,12H,1-2H3,(H2,18,19,20). The molecule has 2 rings (SSSR count). The van der Waals surface area contributed by atoms with Crippen LogP contribution in [0.4, 0.5) is 10.5 Å². The number of carbonyl (C=O) groups excluding carboxylic acids is 1. The second-order valence-corrected chi connectivity index (χ2v) is 5.13. The molecule has 0 bridgehead atoms. The van der Waals surface area contributed by atoms with Crippen LogP contribution in [0.5, 0.6) is 0 Å². The quantitative estimate of drug-likeness (QED) is 0.856. The Hall–Kier alpha value is -2.00. The van der Waals surface area contributed by atoms with E-state index in [2.05, 4.69) is 10.6 Å². The maximum absolute atomic E-state index is 12.0.